The molecule has 1 heterocycles. The quantitative estimate of drug-likeness (QED) is 0.868. The molecule has 0 aliphatic carbocycles. The van der Waals surface area contributed by atoms with Crippen LogP contribution in [0.1, 0.15) is 25.1 Å². The lowest BCUT2D eigenvalue weighted by Crippen LogP contribution is -2.32. The van der Waals surface area contributed by atoms with E-state index in [0.29, 0.717) is 0 Å². The predicted octanol–water partition coefficient (Wildman–Crippen LogP) is 3.15. The Morgan fingerprint density at radius 2 is 1.72 bits per heavy atom. The summed E-state index contributed by atoms with van der Waals surface area (Å²) in [7, 11) is 0. The maximum Gasteiger partial charge on any atom is 0.0541 e. The maximum absolute atomic E-state index is 4.31. The molecule has 2 heteroatoms. The fourth-order valence-electron chi connectivity index (χ4n) is 2.00. The minimum atomic E-state index is 0.135. The SMILES string of the molecule is CC(C)(CNCc1ccccn1)c1ccccc1. The molecule has 0 saturated carbocycles. The van der Waals surface area contributed by atoms with Crippen LogP contribution in [0.25, 0.3) is 0 Å². The lowest BCUT2D eigenvalue weighted by molar-refractivity contribution is 0.467. The third-order valence-electron chi connectivity index (χ3n) is 3.15. The van der Waals surface area contributed by atoms with E-state index in [0.717, 1.165) is 18.8 Å². The van der Waals surface area contributed by atoms with Crippen LogP contribution in [0.3, 0.4) is 0 Å². The summed E-state index contributed by atoms with van der Waals surface area (Å²) < 4.78 is 0. The highest BCUT2D eigenvalue weighted by Gasteiger charge is 2.19. The molecule has 0 fully saturated rings. The van der Waals surface area contributed by atoms with E-state index in [1.54, 1.807) is 0 Å². The van der Waals surface area contributed by atoms with E-state index in [4.69, 9.17) is 0 Å². The Labute approximate surface area is 109 Å². The second kappa shape index (κ2) is 5.78. The molecule has 1 aromatic carbocycles. The molecule has 1 N–H and O–H groups in total. The van der Waals surface area contributed by atoms with Crippen molar-refractivity contribution >= 4 is 0 Å². The first kappa shape index (κ1) is 12.8. The first-order valence-corrected chi connectivity index (χ1v) is 6.35. The zero-order valence-electron chi connectivity index (χ0n) is 11.1. The highest BCUT2D eigenvalue weighted by molar-refractivity contribution is 5.23. The van der Waals surface area contributed by atoms with Crippen LogP contribution in [0.2, 0.25) is 0 Å². The second-order valence-corrected chi connectivity index (χ2v) is 5.17. The van der Waals surface area contributed by atoms with Gasteiger partial charge in [-0.25, -0.2) is 0 Å². The van der Waals surface area contributed by atoms with Crippen LogP contribution >= 0.6 is 0 Å². The minimum Gasteiger partial charge on any atom is -0.310 e. The van der Waals surface area contributed by atoms with E-state index < -0.39 is 0 Å². The zero-order chi connectivity index (χ0) is 12.8. The van der Waals surface area contributed by atoms with Gasteiger partial charge < -0.3 is 5.32 Å². The van der Waals surface area contributed by atoms with Gasteiger partial charge >= 0.3 is 0 Å². The zero-order valence-corrected chi connectivity index (χ0v) is 11.1. The molecule has 2 rings (SSSR count). The van der Waals surface area contributed by atoms with Crippen molar-refractivity contribution < 1.29 is 0 Å². The average molecular weight is 240 g/mol. The molecule has 0 amide bonds. The largest absolute Gasteiger partial charge is 0.310 e. The van der Waals surface area contributed by atoms with Crippen molar-refractivity contribution in [3.05, 3.63) is 66.0 Å². The van der Waals surface area contributed by atoms with E-state index >= 15 is 0 Å². The van der Waals surface area contributed by atoms with Gasteiger partial charge in [-0.05, 0) is 17.7 Å². The molecule has 0 aliphatic rings. The number of benzene rings is 1. The van der Waals surface area contributed by atoms with E-state index in [1.807, 2.05) is 24.4 Å². The Hall–Kier alpha value is -1.67. The molecule has 0 unspecified atom stereocenters. The standard InChI is InChI=1S/C16H20N2/c1-16(2,14-8-4-3-5-9-14)13-17-12-15-10-6-7-11-18-15/h3-11,17H,12-13H2,1-2H3. The van der Waals surface area contributed by atoms with Crippen molar-refractivity contribution in [2.75, 3.05) is 6.54 Å². The Bertz CT molecular complexity index is 463. The first-order valence-electron chi connectivity index (χ1n) is 6.35. The Morgan fingerprint density at radius 1 is 1.00 bits per heavy atom. The smallest absolute Gasteiger partial charge is 0.0541 e. The van der Waals surface area contributed by atoms with Gasteiger partial charge in [-0.2, -0.15) is 0 Å². The number of rotatable bonds is 5. The Balaban J connectivity index is 1.90. The molecule has 1 aromatic heterocycles. The summed E-state index contributed by atoms with van der Waals surface area (Å²) in [5, 5.41) is 3.48. The van der Waals surface area contributed by atoms with Crippen LogP contribution in [-0.4, -0.2) is 11.5 Å². The van der Waals surface area contributed by atoms with E-state index in [9.17, 15) is 0 Å². The number of nitrogens with one attached hydrogen (secondary N) is 1. The van der Waals surface area contributed by atoms with Crippen molar-refractivity contribution in [2.45, 2.75) is 25.8 Å². The molecule has 18 heavy (non-hydrogen) atoms. The minimum absolute atomic E-state index is 0.135. The molecule has 0 saturated heterocycles. The van der Waals surface area contributed by atoms with Crippen molar-refractivity contribution in [3.63, 3.8) is 0 Å². The van der Waals surface area contributed by atoms with Crippen LogP contribution in [-0.2, 0) is 12.0 Å². The average Bonchev–Trinajstić information content (AvgIpc) is 2.41. The molecule has 0 atom stereocenters. The van der Waals surface area contributed by atoms with E-state index in [-0.39, 0.29) is 5.41 Å². The van der Waals surface area contributed by atoms with Gasteiger partial charge in [0.1, 0.15) is 0 Å². The first-order chi connectivity index (χ1) is 8.68. The van der Waals surface area contributed by atoms with Gasteiger partial charge in [0.15, 0.2) is 0 Å². The number of hydrogen-bond acceptors (Lipinski definition) is 2. The highest BCUT2D eigenvalue weighted by atomic mass is 14.9. The maximum atomic E-state index is 4.31. The molecule has 0 aliphatic heterocycles. The van der Waals surface area contributed by atoms with Crippen LogP contribution in [0.5, 0.6) is 0 Å². The summed E-state index contributed by atoms with van der Waals surface area (Å²) in [6.45, 7) is 6.27. The molecule has 0 bridgehead atoms. The fraction of sp³-hybridized carbons (Fsp3) is 0.312. The van der Waals surface area contributed by atoms with E-state index in [1.165, 1.54) is 5.56 Å². The lowest BCUT2D eigenvalue weighted by Gasteiger charge is -2.25. The summed E-state index contributed by atoms with van der Waals surface area (Å²) in [4.78, 5) is 4.31. The topological polar surface area (TPSA) is 24.9 Å². The van der Waals surface area contributed by atoms with Gasteiger partial charge in [0.2, 0.25) is 0 Å². The van der Waals surface area contributed by atoms with Crippen LogP contribution in [0, 0.1) is 0 Å². The van der Waals surface area contributed by atoms with Gasteiger partial charge in [-0.1, -0.05) is 50.2 Å². The normalized spacial score (nSPS) is 11.4. The Morgan fingerprint density at radius 3 is 2.39 bits per heavy atom. The van der Waals surface area contributed by atoms with E-state index in [2.05, 4.69) is 54.5 Å². The van der Waals surface area contributed by atoms with Crippen LogP contribution < -0.4 is 5.32 Å². The van der Waals surface area contributed by atoms with Crippen molar-refractivity contribution in [2.24, 2.45) is 0 Å². The second-order valence-electron chi connectivity index (χ2n) is 5.17. The van der Waals surface area contributed by atoms with Gasteiger partial charge in [0, 0.05) is 24.7 Å². The molecule has 2 aromatic rings. The van der Waals surface area contributed by atoms with Crippen molar-refractivity contribution in [3.8, 4) is 0 Å². The third-order valence-corrected chi connectivity index (χ3v) is 3.15. The molecule has 0 spiro atoms. The predicted molar refractivity (Wildman–Crippen MR) is 75.4 cm³/mol. The summed E-state index contributed by atoms with van der Waals surface area (Å²) >= 11 is 0. The number of aromatic nitrogens is 1. The number of pyridine rings is 1. The number of nitrogens with zero attached hydrogens (tertiary/aromatic N) is 1. The molecule has 94 valence electrons. The molecular formula is C16H20N2. The van der Waals surface area contributed by atoms with Gasteiger partial charge in [0.25, 0.3) is 0 Å². The molecule has 2 nitrogen and oxygen atoms in total. The highest BCUT2D eigenvalue weighted by Crippen LogP contribution is 2.21. The summed E-state index contributed by atoms with van der Waals surface area (Å²) in [5.41, 5.74) is 2.58. The van der Waals surface area contributed by atoms with Crippen molar-refractivity contribution in [1.82, 2.24) is 10.3 Å². The lowest BCUT2D eigenvalue weighted by atomic mass is 9.84. The summed E-state index contributed by atoms with van der Waals surface area (Å²) in [6.07, 6.45) is 1.83. The fourth-order valence-corrected chi connectivity index (χ4v) is 2.00. The third kappa shape index (κ3) is 3.41. The molecular weight excluding hydrogens is 220 g/mol. The summed E-state index contributed by atoms with van der Waals surface area (Å²) in [6, 6.07) is 16.6. The summed E-state index contributed by atoms with van der Waals surface area (Å²) in [5.74, 6) is 0. The van der Waals surface area contributed by atoms with Crippen LogP contribution in [0.15, 0.2) is 54.7 Å². The van der Waals surface area contributed by atoms with Gasteiger partial charge in [-0.3, -0.25) is 4.98 Å². The van der Waals surface area contributed by atoms with Gasteiger partial charge in [0.05, 0.1) is 5.69 Å². The Kier molecular flexibility index (Phi) is 4.11. The van der Waals surface area contributed by atoms with Gasteiger partial charge in [-0.15, -0.1) is 0 Å². The number of hydrogen-bond donors (Lipinski definition) is 1. The van der Waals surface area contributed by atoms with Crippen LogP contribution in [0.4, 0.5) is 0 Å². The monoisotopic (exact) mass is 240 g/mol. The van der Waals surface area contributed by atoms with Crippen molar-refractivity contribution in [1.29, 1.82) is 0 Å². The molecule has 0 radical (unpaired) electrons.